The zero-order chi connectivity index (χ0) is 16.9. The number of hydrogen-bond donors (Lipinski definition) is 0. The van der Waals surface area contributed by atoms with Gasteiger partial charge in [-0.1, -0.05) is 6.07 Å². The van der Waals surface area contributed by atoms with Gasteiger partial charge < -0.3 is 4.74 Å². The lowest BCUT2D eigenvalue weighted by Gasteiger charge is -2.10. The van der Waals surface area contributed by atoms with Crippen molar-refractivity contribution in [1.82, 2.24) is 9.97 Å². The summed E-state index contributed by atoms with van der Waals surface area (Å²) in [5.41, 5.74) is -0.140. The Morgan fingerprint density at radius 1 is 1.30 bits per heavy atom. The van der Waals surface area contributed by atoms with Gasteiger partial charge in [-0.2, -0.15) is 13.2 Å². The van der Waals surface area contributed by atoms with Gasteiger partial charge in [-0.05, 0) is 31.2 Å². The molecule has 0 aliphatic carbocycles. The number of carbonyl (C=O) groups is 1. The molecule has 2 aromatic rings. The van der Waals surface area contributed by atoms with E-state index in [1.807, 2.05) is 0 Å². The van der Waals surface area contributed by atoms with E-state index in [4.69, 9.17) is 4.74 Å². The highest BCUT2D eigenvalue weighted by Crippen LogP contribution is 2.31. The van der Waals surface area contributed by atoms with Crippen LogP contribution in [-0.2, 0) is 15.7 Å². The standard InChI is InChI=1S/C16H13F3N2O2/c1-2-23-14(22)8-6-11-5-7-13(16(17,18)19)21-15(11)12-4-3-9-20-10-12/h3-10H,2H2,1H3/b8-6+. The maximum Gasteiger partial charge on any atom is 0.433 e. The van der Waals surface area contributed by atoms with E-state index < -0.39 is 17.8 Å². The summed E-state index contributed by atoms with van der Waals surface area (Å²) in [6, 6.07) is 5.31. The summed E-state index contributed by atoms with van der Waals surface area (Å²) in [6.45, 7) is 1.87. The van der Waals surface area contributed by atoms with Crippen LogP contribution >= 0.6 is 0 Å². The van der Waals surface area contributed by atoms with Crippen molar-refractivity contribution in [2.24, 2.45) is 0 Å². The number of hydrogen-bond acceptors (Lipinski definition) is 4. The first kappa shape index (κ1) is 16.7. The van der Waals surface area contributed by atoms with Crippen LogP contribution in [0.2, 0.25) is 0 Å². The van der Waals surface area contributed by atoms with Crippen LogP contribution in [0.5, 0.6) is 0 Å². The Morgan fingerprint density at radius 2 is 2.09 bits per heavy atom. The number of halogens is 3. The van der Waals surface area contributed by atoms with Crippen LogP contribution in [0.15, 0.2) is 42.7 Å². The predicted molar refractivity (Wildman–Crippen MR) is 78.1 cm³/mol. The number of rotatable bonds is 4. The molecule has 0 atom stereocenters. The van der Waals surface area contributed by atoms with E-state index in [0.717, 1.165) is 12.1 Å². The number of ether oxygens (including phenoxy) is 1. The number of aromatic nitrogens is 2. The first-order chi connectivity index (χ1) is 10.9. The van der Waals surface area contributed by atoms with Gasteiger partial charge in [0.05, 0.1) is 12.3 Å². The van der Waals surface area contributed by atoms with E-state index in [9.17, 15) is 18.0 Å². The minimum atomic E-state index is -4.56. The van der Waals surface area contributed by atoms with Gasteiger partial charge in [-0.3, -0.25) is 4.98 Å². The third kappa shape index (κ3) is 4.38. The summed E-state index contributed by atoms with van der Waals surface area (Å²) in [6.07, 6.45) is 0.872. The average molecular weight is 322 g/mol. The number of carbonyl (C=O) groups excluding carboxylic acids is 1. The van der Waals surface area contributed by atoms with Gasteiger partial charge in [-0.15, -0.1) is 0 Å². The number of alkyl halides is 3. The van der Waals surface area contributed by atoms with Gasteiger partial charge in [0.15, 0.2) is 0 Å². The molecule has 2 aromatic heterocycles. The third-order valence-corrected chi connectivity index (χ3v) is 2.84. The van der Waals surface area contributed by atoms with Gasteiger partial charge in [-0.25, -0.2) is 9.78 Å². The summed E-state index contributed by atoms with van der Waals surface area (Å²) in [5.74, 6) is -0.579. The van der Waals surface area contributed by atoms with Crippen molar-refractivity contribution in [1.29, 1.82) is 0 Å². The molecule has 0 N–H and O–H groups in total. The van der Waals surface area contributed by atoms with Crippen LogP contribution < -0.4 is 0 Å². The molecule has 23 heavy (non-hydrogen) atoms. The molecule has 2 rings (SSSR count). The quantitative estimate of drug-likeness (QED) is 0.635. The lowest BCUT2D eigenvalue weighted by molar-refractivity contribution is -0.141. The molecule has 2 heterocycles. The predicted octanol–water partition coefficient (Wildman–Crippen LogP) is 3.74. The highest BCUT2D eigenvalue weighted by Gasteiger charge is 2.33. The van der Waals surface area contributed by atoms with Gasteiger partial charge >= 0.3 is 12.1 Å². The zero-order valence-electron chi connectivity index (χ0n) is 12.2. The lowest BCUT2D eigenvalue weighted by atomic mass is 10.1. The van der Waals surface area contributed by atoms with E-state index >= 15 is 0 Å². The van der Waals surface area contributed by atoms with Crippen molar-refractivity contribution < 1.29 is 22.7 Å². The van der Waals surface area contributed by atoms with E-state index in [1.54, 1.807) is 19.1 Å². The molecule has 7 heteroatoms. The van der Waals surface area contributed by atoms with Gasteiger partial charge in [0.25, 0.3) is 0 Å². The second kappa shape index (κ2) is 7.04. The maximum absolute atomic E-state index is 12.9. The minimum absolute atomic E-state index is 0.0912. The molecule has 0 aliphatic rings. The fraction of sp³-hybridized carbons (Fsp3) is 0.188. The molecule has 4 nitrogen and oxygen atoms in total. The van der Waals surface area contributed by atoms with Crippen molar-refractivity contribution in [3.05, 3.63) is 54.0 Å². The van der Waals surface area contributed by atoms with Crippen LogP contribution in [0, 0.1) is 0 Å². The summed E-state index contributed by atoms with van der Waals surface area (Å²) in [4.78, 5) is 18.9. The Labute approximate surface area is 130 Å². The lowest BCUT2D eigenvalue weighted by Crippen LogP contribution is -2.09. The van der Waals surface area contributed by atoms with E-state index in [0.29, 0.717) is 11.1 Å². The molecular formula is C16H13F3N2O2. The van der Waals surface area contributed by atoms with Crippen molar-refractivity contribution in [2.45, 2.75) is 13.1 Å². The molecule has 0 unspecified atom stereocenters. The van der Waals surface area contributed by atoms with Crippen LogP contribution in [0.1, 0.15) is 18.2 Å². The van der Waals surface area contributed by atoms with Crippen molar-refractivity contribution in [2.75, 3.05) is 6.61 Å². The number of pyridine rings is 2. The average Bonchev–Trinajstić information content (AvgIpc) is 2.53. The molecule has 0 aliphatic heterocycles. The molecule has 0 spiro atoms. The molecule has 0 fully saturated rings. The highest BCUT2D eigenvalue weighted by molar-refractivity contribution is 5.88. The molecule has 0 radical (unpaired) electrons. The van der Waals surface area contributed by atoms with Crippen molar-refractivity contribution >= 4 is 12.0 Å². The first-order valence-electron chi connectivity index (χ1n) is 6.75. The molecule has 0 aromatic carbocycles. The monoisotopic (exact) mass is 322 g/mol. The van der Waals surface area contributed by atoms with Crippen molar-refractivity contribution in [3.8, 4) is 11.3 Å². The molecule has 0 amide bonds. The summed E-state index contributed by atoms with van der Waals surface area (Å²) >= 11 is 0. The van der Waals surface area contributed by atoms with Gasteiger partial charge in [0.1, 0.15) is 5.69 Å². The first-order valence-corrected chi connectivity index (χ1v) is 6.75. The second-order valence-electron chi connectivity index (χ2n) is 4.46. The van der Waals surface area contributed by atoms with Crippen LogP contribution in [-0.4, -0.2) is 22.5 Å². The Bertz CT molecular complexity index is 713. The van der Waals surface area contributed by atoms with E-state index in [1.165, 1.54) is 24.5 Å². The third-order valence-electron chi connectivity index (χ3n) is 2.84. The fourth-order valence-corrected chi connectivity index (χ4v) is 1.84. The topological polar surface area (TPSA) is 52.1 Å². The normalized spacial score (nSPS) is 11.7. The van der Waals surface area contributed by atoms with Crippen molar-refractivity contribution in [3.63, 3.8) is 0 Å². The fourth-order valence-electron chi connectivity index (χ4n) is 1.84. The van der Waals surface area contributed by atoms with Gasteiger partial charge in [0.2, 0.25) is 0 Å². The highest BCUT2D eigenvalue weighted by atomic mass is 19.4. The Hall–Kier alpha value is -2.70. The zero-order valence-corrected chi connectivity index (χ0v) is 12.2. The van der Waals surface area contributed by atoms with Crippen LogP contribution in [0.25, 0.3) is 17.3 Å². The largest absolute Gasteiger partial charge is 0.463 e. The summed E-state index contributed by atoms with van der Waals surface area (Å²) < 4.78 is 43.3. The second-order valence-corrected chi connectivity index (χ2v) is 4.46. The Kier molecular flexibility index (Phi) is 5.10. The summed E-state index contributed by atoms with van der Waals surface area (Å²) in [5, 5.41) is 0. The number of nitrogens with zero attached hydrogens (tertiary/aromatic N) is 2. The molecule has 0 saturated carbocycles. The van der Waals surface area contributed by atoms with E-state index in [2.05, 4.69) is 9.97 Å². The smallest absolute Gasteiger partial charge is 0.433 e. The molecule has 0 saturated heterocycles. The van der Waals surface area contributed by atoms with Crippen LogP contribution in [0.4, 0.5) is 13.2 Å². The number of esters is 1. The SMILES string of the molecule is CCOC(=O)/C=C/c1ccc(C(F)(F)F)nc1-c1cccnc1. The maximum atomic E-state index is 12.9. The Balaban J connectivity index is 2.48. The molecular weight excluding hydrogens is 309 g/mol. The Morgan fingerprint density at radius 3 is 2.70 bits per heavy atom. The van der Waals surface area contributed by atoms with Gasteiger partial charge in [0, 0.05) is 29.6 Å². The van der Waals surface area contributed by atoms with E-state index in [-0.39, 0.29) is 12.3 Å². The molecule has 120 valence electrons. The minimum Gasteiger partial charge on any atom is -0.463 e. The molecule has 0 bridgehead atoms. The van der Waals surface area contributed by atoms with Crippen LogP contribution in [0.3, 0.4) is 0 Å². The summed E-state index contributed by atoms with van der Waals surface area (Å²) in [7, 11) is 0.